The van der Waals surface area contributed by atoms with Crippen LogP contribution in [0.15, 0.2) is 22.7 Å². The molecule has 0 aliphatic heterocycles. The fourth-order valence-corrected chi connectivity index (χ4v) is 1.97. The molecule has 2 N–H and O–H groups in total. The van der Waals surface area contributed by atoms with E-state index < -0.39 is 11.7 Å². The molecule has 0 heterocycles. The molecule has 0 saturated carbocycles. The number of phenolic OH excluding ortho intramolecular Hbond substituents is 1. The van der Waals surface area contributed by atoms with Crippen molar-refractivity contribution in [2.75, 3.05) is 13.7 Å². The normalized spacial score (nSPS) is 11.5. The first-order valence-corrected chi connectivity index (χ1v) is 7.22. The second-order valence-electron chi connectivity index (χ2n) is 5.33. The Hall–Kier alpha value is -1.69. The fraction of sp³-hybridized carbons (Fsp3) is 0.400. The van der Waals surface area contributed by atoms with E-state index in [4.69, 9.17) is 9.47 Å². The molecule has 21 heavy (non-hydrogen) atoms. The third-order valence-electron chi connectivity index (χ3n) is 2.35. The molecule has 0 unspecified atom stereocenters. The zero-order valence-electron chi connectivity index (χ0n) is 12.6. The monoisotopic (exact) mass is 357 g/mol. The molecule has 0 bridgehead atoms. The summed E-state index contributed by atoms with van der Waals surface area (Å²) in [6, 6.07) is 3.42. The maximum atomic E-state index is 11.4. The number of alkyl carbamates (subject to hydrolysis) is 1. The molecule has 116 valence electrons. The molecule has 1 rings (SSSR count). The van der Waals surface area contributed by atoms with E-state index in [9.17, 15) is 9.90 Å². The molecule has 0 aliphatic carbocycles. The Balaban J connectivity index is 2.62. The third-order valence-corrected chi connectivity index (χ3v) is 2.81. The summed E-state index contributed by atoms with van der Waals surface area (Å²) < 4.78 is 11.0. The van der Waals surface area contributed by atoms with E-state index in [0.717, 1.165) is 4.47 Å². The van der Waals surface area contributed by atoms with Crippen LogP contribution >= 0.6 is 15.9 Å². The highest BCUT2D eigenvalue weighted by atomic mass is 79.9. The van der Waals surface area contributed by atoms with Crippen molar-refractivity contribution in [3.05, 3.63) is 28.2 Å². The number of hydrogen-bond acceptors (Lipinski definition) is 4. The van der Waals surface area contributed by atoms with E-state index >= 15 is 0 Å². The van der Waals surface area contributed by atoms with Gasteiger partial charge in [-0.1, -0.05) is 28.1 Å². The summed E-state index contributed by atoms with van der Waals surface area (Å²) >= 11 is 3.34. The first-order valence-electron chi connectivity index (χ1n) is 6.43. The van der Waals surface area contributed by atoms with Gasteiger partial charge in [-0.2, -0.15) is 0 Å². The van der Waals surface area contributed by atoms with Gasteiger partial charge in [-0.3, -0.25) is 0 Å². The molecule has 1 aromatic rings. The van der Waals surface area contributed by atoms with Crippen molar-refractivity contribution in [1.82, 2.24) is 5.32 Å². The Morgan fingerprint density at radius 3 is 2.67 bits per heavy atom. The van der Waals surface area contributed by atoms with Crippen molar-refractivity contribution < 1.29 is 19.4 Å². The second kappa shape index (κ2) is 7.36. The van der Waals surface area contributed by atoms with Crippen molar-refractivity contribution in [3.63, 3.8) is 0 Å². The number of methoxy groups -OCH3 is 1. The van der Waals surface area contributed by atoms with E-state index in [2.05, 4.69) is 21.2 Å². The van der Waals surface area contributed by atoms with Gasteiger partial charge in [0.05, 0.1) is 7.11 Å². The van der Waals surface area contributed by atoms with Gasteiger partial charge in [-0.05, 0) is 32.9 Å². The highest BCUT2D eigenvalue weighted by Gasteiger charge is 2.15. The lowest BCUT2D eigenvalue weighted by molar-refractivity contribution is 0.0534. The Morgan fingerprint density at radius 2 is 2.10 bits per heavy atom. The van der Waals surface area contributed by atoms with Crippen LogP contribution in [0, 0.1) is 0 Å². The Labute approximate surface area is 133 Å². The molecule has 0 aliphatic rings. The van der Waals surface area contributed by atoms with Gasteiger partial charge < -0.3 is 19.9 Å². The summed E-state index contributed by atoms with van der Waals surface area (Å²) in [4.78, 5) is 11.4. The summed E-state index contributed by atoms with van der Waals surface area (Å²) in [5.74, 6) is 0.429. The molecular weight excluding hydrogens is 338 g/mol. The highest BCUT2D eigenvalue weighted by Crippen LogP contribution is 2.34. The average molecular weight is 358 g/mol. The Morgan fingerprint density at radius 1 is 1.43 bits per heavy atom. The minimum absolute atomic E-state index is 0.0502. The maximum Gasteiger partial charge on any atom is 0.407 e. The SMILES string of the molecule is COc1cc(Br)cc(C=CCNC(=O)OC(C)(C)C)c1O. The number of benzene rings is 1. The lowest BCUT2D eigenvalue weighted by Gasteiger charge is -2.19. The van der Waals surface area contributed by atoms with Crippen molar-refractivity contribution in [2.24, 2.45) is 0 Å². The van der Waals surface area contributed by atoms with Crippen molar-refractivity contribution in [1.29, 1.82) is 0 Å². The molecule has 0 radical (unpaired) electrons. The molecule has 5 nitrogen and oxygen atoms in total. The van der Waals surface area contributed by atoms with Crippen molar-refractivity contribution >= 4 is 28.1 Å². The van der Waals surface area contributed by atoms with Crippen LogP contribution < -0.4 is 10.1 Å². The van der Waals surface area contributed by atoms with Gasteiger partial charge in [-0.15, -0.1) is 0 Å². The molecule has 1 aromatic carbocycles. The number of ether oxygens (including phenoxy) is 2. The van der Waals surface area contributed by atoms with Crippen molar-refractivity contribution in [3.8, 4) is 11.5 Å². The summed E-state index contributed by atoms with van der Waals surface area (Å²) in [5, 5.41) is 12.6. The highest BCUT2D eigenvalue weighted by molar-refractivity contribution is 9.10. The van der Waals surface area contributed by atoms with Crippen LogP contribution in [0.5, 0.6) is 11.5 Å². The molecule has 0 saturated heterocycles. The topological polar surface area (TPSA) is 67.8 Å². The standard InChI is InChI=1S/C15H20BrNO4/c1-15(2,3)21-14(19)17-7-5-6-10-8-11(16)9-12(20-4)13(10)18/h5-6,8-9,18H,7H2,1-4H3,(H,17,19). The molecule has 0 spiro atoms. The van der Waals surface area contributed by atoms with Crippen LogP contribution in [0.4, 0.5) is 4.79 Å². The summed E-state index contributed by atoms with van der Waals surface area (Å²) in [5.41, 5.74) is 0.0659. The van der Waals surface area contributed by atoms with Gasteiger partial charge in [0.15, 0.2) is 11.5 Å². The van der Waals surface area contributed by atoms with Gasteiger partial charge in [0.1, 0.15) is 5.60 Å². The number of phenols is 1. The molecule has 0 atom stereocenters. The van der Waals surface area contributed by atoms with Gasteiger partial charge in [0, 0.05) is 16.6 Å². The largest absolute Gasteiger partial charge is 0.504 e. The predicted octanol–water partition coefficient (Wildman–Crippen LogP) is 3.70. The summed E-state index contributed by atoms with van der Waals surface area (Å²) in [6.45, 7) is 5.69. The lowest BCUT2D eigenvalue weighted by Crippen LogP contribution is -2.32. The predicted molar refractivity (Wildman–Crippen MR) is 85.6 cm³/mol. The number of amides is 1. The molecular formula is C15H20BrNO4. The van der Waals surface area contributed by atoms with Crippen LogP contribution in [-0.4, -0.2) is 30.5 Å². The van der Waals surface area contributed by atoms with Gasteiger partial charge >= 0.3 is 6.09 Å². The molecule has 6 heteroatoms. The number of carbonyl (C=O) groups excluding carboxylic acids is 1. The number of carbonyl (C=O) groups is 1. The minimum atomic E-state index is -0.524. The van der Waals surface area contributed by atoms with E-state index in [1.807, 2.05) is 0 Å². The first kappa shape index (κ1) is 17.4. The van der Waals surface area contributed by atoms with Gasteiger partial charge in [0.25, 0.3) is 0 Å². The minimum Gasteiger partial charge on any atom is -0.504 e. The van der Waals surface area contributed by atoms with Crippen LogP contribution in [0.3, 0.4) is 0 Å². The van der Waals surface area contributed by atoms with E-state index in [1.54, 1.807) is 45.1 Å². The van der Waals surface area contributed by atoms with Crippen LogP contribution in [-0.2, 0) is 4.74 Å². The van der Waals surface area contributed by atoms with Crippen molar-refractivity contribution in [2.45, 2.75) is 26.4 Å². The fourth-order valence-electron chi connectivity index (χ4n) is 1.52. The Kier molecular flexibility index (Phi) is 6.08. The number of nitrogens with one attached hydrogen (secondary N) is 1. The Bertz CT molecular complexity index is 535. The molecule has 0 fully saturated rings. The van der Waals surface area contributed by atoms with Crippen LogP contribution in [0.2, 0.25) is 0 Å². The molecule has 1 amide bonds. The number of halogens is 1. The third kappa shape index (κ3) is 6.08. The zero-order valence-corrected chi connectivity index (χ0v) is 14.2. The average Bonchev–Trinajstić information content (AvgIpc) is 2.35. The summed E-state index contributed by atoms with van der Waals surface area (Å²) in [7, 11) is 1.49. The number of hydrogen-bond donors (Lipinski definition) is 2. The second-order valence-corrected chi connectivity index (χ2v) is 6.25. The van der Waals surface area contributed by atoms with Crippen LogP contribution in [0.1, 0.15) is 26.3 Å². The number of rotatable bonds is 4. The molecule has 0 aromatic heterocycles. The van der Waals surface area contributed by atoms with Gasteiger partial charge in [0.2, 0.25) is 0 Å². The smallest absolute Gasteiger partial charge is 0.407 e. The van der Waals surface area contributed by atoms with Gasteiger partial charge in [-0.25, -0.2) is 4.79 Å². The van der Waals surface area contributed by atoms with E-state index in [0.29, 0.717) is 17.9 Å². The quantitative estimate of drug-likeness (QED) is 0.861. The van der Waals surface area contributed by atoms with E-state index in [-0.39, 0.29) is 5.75 Å². The summed E-state index contributed by atoms with van der Waals surface area (Å²) in [6.07, 6.45) is 2.92. The zero-order chi connectivity index (χ0) is 16.0. The maximum absolute atomic E-state index is 11.4. The lowest BCUT2D eigenvalue weighted by atomic mass is 10.1. The van der Waals surface area contributed by atoms with Crippen LogP contribution in [0.25, 0.3) is 6.08 Å². The first-order chi connectivity index (χ1) is 9.73. The number of aromatic hydroxyl groups is 1. The van der Waals surface area contributed by atoms with E-state index in [1.165, 1.54) is 7.11 Å².